The summed E-state index contributed by atoms with van der Waals surface area (Å²) in [6, 6.07) is 4.58. The van der Waals surface area contributed by atoms with E-state index in [0.717, 1.165) is 0 Å². The van der Waals surface area contributed by atoms with Crippen LogP contribution < -0.4 is 16.0 Å². The van der Waals surface area contributed by atoms with Gasteiger partial charge < -0.3 is 16.0 Å². The maximum Gasteiger partial charge on any atom is 0.239 e. The maximum atomic E-state index is 13.7. The van der Waals surface area contributed by atoms with Crippen LogP contribution in [0.3, 0.4) is 0 Å². The quantitative estimate of drug-likeness (QED) is 0.786. The normalized spacial score (nSPS) is 10.5. The van der Waals surface area contributed by atoms with E-state index in [1.54, 1.807) is 17.0 Å². The lowest BCUT2D eigenvalue weighted by Crippen LogP contribution is -2.40. The summed E-state index contributed by atoms with van der Waals surface area (Å²) in [6.07, 6.45) is 0. The minimum Gasteiger partial charge on any atom is -0.397 e. The van der Waals surface area contributed by atoms with E-state index in [-0.39, 0.29) is 18.5 Å². The Morgan fingerprint density at radius 1 is 1.50 bits per heavy atom. The number of benzene rings is 1. The van der Waals surface area contributed by atoms with E-state index < -0.39 is 5.82 Å². The molecule has 0 atom stereocenters. The number of halogens is 1. The Bertz CT molecular complexity index is 400. The van der Waals surface area contributed by atoms with Crippen molar-refractivity contribution in [3.05, 3.63) is 24.0 Å². The van der Waals surface area contributed by atoms with Crippen LogP contribution in [0.25, 0.3) is 0 Å². The van der Waals surface area contributed by atoms with Crippen LogP contribution >= 0.6 is 0 Å². The summed E-state index contributed by atoms with van der Waals surface area (Å²) in [6.45, 7) is 6.22. The van der Waals surface area contributed by atoms with Gasteiger partial charge in [0.25, 0.3) is 0 Å². The molecule has 1 aromatic carbocycles. The van der Waals surface area contributed by atoms with Gasteiger partial charge in [-0.3, -0.25) is 4.79 Å². The van der Waals surface area contributed by atoms with Gasteiger partial charge in [0.1, 0.15) is 5.82 Å². The Morgan fingerprint density at radius 3 is 2.67 bits per heavy atom. The Kier molecular flexibility index (Phi) is 4.95. The second-order valence-electron chi connectivity index (χ2n) is 4.41. The van der Waals surface area contributed by atoms with Crippen LogP contribution in [0.1, 0.15) is 20.8 Å². The van der Waals surface area contributed by atoms with Crippen LogP contribution in [0.5, 0.6) is 0 Å². The zero-order chi connectivity index (χ0) is 13.7. The molecule has 0 saturated carbocycles. The second-order valence-corrected chi connectivity index (χ2v) is 4.41. The molecule has 18 heavy (non-hydrogen) atoms. The number of carbonyl (C=O) groups excluding carboxylic acids is 1. The van der Waals surface area contributed by atoms with E-state index in [0.29, 0.717) is 17.9 Å². The van der Waals surface area contributed by atoms with E-state index in [4.69, 9.17) is 5.73 Å². The molecule has 4 nitrogen and oxygen atoms in total. The summed E-state index contributed by atoms with van der Waals surface area (Å²) < 4.78 is 13.7. The van der Waals surface area contributed by atoms with E-state index in [9.17, 15) is 9.18 Å². The van der Waals surface area contributed by atoms with Gasteiger partial charge in [0.15, 0.2) is 0 Å². The topological polar surface area (TPSA) is 58.4 Å². The summed E-state index contributed by atoms with van der Waals surface area (Å²) in [7, 11) is 0. The summed E-state index contributed by atoms with van der Waals surface area (Å²) in [5.41, 5.74) is 6.39. The van der Waals surface area contributed by atoms with Gasteiger partial charge in [-0.05, 0) is 32.9 Å². The molecule has 0 radical (unpaired) electrons. The maximum absolute atomic E-state index is 13.7. The number of nitrogens with zero attached hydrogens (tertiary/aromatic N) is 1. The molecule has 1 aromatic rings. The van der Waals surface area contributed by atoms with Crippen LogP contribution in [0, 0.1) is 5.82 Å². The number of hydrogen-bond acceptors (Lipinski definition) is 3. The van der Waals surface area contributed by atoms with Gasteiger partial charge >= 0.3 is 0 Å². The van der Waals surface area contributed by atoms with Gasteiger partial charge in [-0.15, -0.1) is 0 Å². The van der Waals surface area contributed by atoms with E-state index >= 15 is 0 Å². The molecule has 5 heteroatoms. The van der Waals surface area contributed by atoms with Crippen LogP contribution in [0.4, 0.5) is 15.8 Å². The minimum atomic E-state index is -0.408. The number of amides is 1. The largest absolute Gasteiger partial charge is 0.397 e. The molecule has 0 saturated heterocycles. The Balaban J connectivity index is 2.87. The molecular weight excluding hydrogens is 233 g/mol. The monoisotopic (exact) mass is 253 g/mol. The van der Waals surface area contributed by atoms with Crippen molar-refractivity contribution in [2.45, 2.75) is 26.8 Å². The van der Waals surface area contributed by atoms with E-state index in [1.165, 1.54) is 6.07 Å². The number of nitrogen functional groups attached to an aromatic ring is 1. The average molecular weight is 253 g/mol. The van der Waals surface area contributed by atoms with Crippen molar-refractivity contribution < 1.29 is 9.18 Å². The number of anilines is 2. The van der Waals surface area contributed by atoms with Crippen molar-refractivity contribution in [2.75, 3.05) is 23.7 Å². The lowest BCUT2D eigenvalue weighted by atomic mass is 10.2. The number of nitrogens with two attached hydrogens (primary N) is 1. The molecule has 0 spiro atoms. The fourth-order valence-electron chi connectivity index (χ4n) is 1.76. The summed E-state index contributed by atoms with van der Waals surface area (Å²) >= 11 is 0. The van der Waals surface area contributed by atoms with E-state index in [1.807, 2.05) is 20.8 Å². The molecule has 0 aliphatic heterocycles. The summed E-state index contributed by atoms with van der Waals surface area (Å²) in [5.74, 6) is -0.552. The van der Waals surface area contributed by atoms with Crippen LogP contribution in [-0.2, 0) is 4.79 Å². The zero-order valence-electron chi connectivity index (χ0n) is 11.0. The van der Waals surface area contributed by atoms with E-state index in [2.05, 4.69) is 5.32 Å². The highest BCUT2D eigenvalue weighted by Gasteiger charge is 2.16. The molecule has 0 heterocycles. The third kappa shape index (κ3) is 3.61. The number of carbonyl (C=O) groups is 1. The Labute approximate surface area is 107 Å². The lowest BCUT2D eigenvalue weighted by Gasteiger charge is -2.24. The van der Waals surface area contributed by atoms with Gasteiger partial charge in [0.05, 0.1) is 17.9 Å². The molecule has 0 aliphatic carbocycles. The molecule has 0 fully saturated rings. The second kappa shape index (κ2) is 6.23. The van der Waals surface area contributed by atoms with Crippen molar-refractivity contribution in [1.82, 2.24) is 5.32 Å². The van der Waals surface area contributed by atoms with Crippen molar-refractivity contribution in [1.29, 1.82) is 0 Å². The van der Waals surface area contributed by atoms with Crippen LogP contribution in [0.15, 0.2) is 18.2 Å². The molecule has 100 valence electrons. The smallest absolute Gasteiger partial charge is 0.239 e. The van der Waals surface area contributed by atoms with Crippen molar-refractivity contribution >= 4 is 17.3 Å². The predicted octanol–water partition coefficient (Wildman–Crippen LogP) is 1.76. The number of para-hydroxylation sites is 1. The van der Waals surface area contributed by atoms with Gasteiger partial charge in [0.2, 0.25) is 5.91 Å². The fraction of sp³-hybridized carbons (Fsp3) is 0.462. The molecule has 0 unspecified atom stereocenters. The van der Waals surface area contributed by atoms with Gasteiger partial charge in [0, 0.05) is 12.6 Å². The standard InChI is InChI=1S/C13H20FN3O/c1-4-17(8-12(18)16-9(2)3)13-10(14)6-5-7-11(13)15/h5-7,9H,4,8,15H2,1-3H3,(H,16,18). The molecule has 0 aromatic heterocycles. The molecule has 1 rings (SSSR count). The fourth-order valence-corrected chi connectivity index (χ4v) is 1.76. The van der Waals surface area contributed by atoms with Crippen molar-refractivity contribution in [3.8, 4) is 0 Å². The van der Waals surface area contributed by atoms with Crippen molar-refractivity contribution in [3.63, 3.8) is 0 Å². The van der Waals surface area contributed by atoms with Gasteiger partial charge in [-0.1, -0.05) is 6.07 Å². The Hall–Kier alpha value is -1.78. The van der Waals surface area contributed by atoms with Crippen LogP contribution in [-0.4, -0.2) is 25.0 Å². The summed E-state index contributed by atoms with van der Waals surface area (Å²) in [5, 5.41) is 2.77. The highest BCUT2D eigenvalue weighted by molar-refractivity contribution is 5.83. The lowest BCUT2D eigenvalue weighted by molar-refractivity contribution is -0.120. The predicted molar refractivity (Wildman–Crippen MR) is 72.0 cm³/mol. The number of nitrogens with one attached hydrogen (secondary N) is 1. The SMILES string of the molecule is CCN(CC(=O)NC(C)C)c1c(N)cccc1F. The number of hydrogen-bond donors (Lipinski definition) is 2. The van der Waals surface area contributed by atoms with Crippen molar-refractivity contribution in [2.24, 2.45) is 0 Å². The summed E-state index contributed by atoms with van der Waals surface area (Å²) in [4.78, 5) is 13.3. The Morgan fingerprint density at radius 2 is 2.17 bits per heavy atom. The zero-order valence-corrected chi connectivity index (χ0v) is 11.0. The number of likely N-dealkylation sites (N-methyl/N-ethyl adjacent to an activating group) is 1. The first-order valence-corrected chi connectivity index (χ1v) is 6.04. The van der Waals surface area contributed by atoms with Crippen LogP contribution in [0.2, 0.25) is 0 Å². The first-order chi connectivity index (χ1) is 8.45. The first kappa shape index (κ1) is 14.3. The number of rotatable bonds is 5. The average Bonchev–Trinajstić information content (AvgIpc) is 2.26. The molecule has 3 N–H and O–H groups in total. The third-order valence-electron chi connectivity index (χ3n) is 2.50. The van der Waals surface area contributed by atoms with Gasteiger partial charge in [-0.2, -0.15) is 0 Å². The third-order valence-corrected chi connectivity index (χ3v) is 2.50. The highest BCUT2D eigenvalue weighted by atomic mass is 19.1. The minimum absolute atomic E-state index is 0.0640. The van der Waals surface area contributed by atoms with Gasteiger partial charge in [-0.25, -0.2) is 4.39 Å². The first-order valence-electron chi connectivity index (χ1n) is 6.04. The molecule has 1 amide bonds. The highest BCUT2D eigenvalue weighted by Crippen LogP contribution is 2.26. The molecular formula is C13H20FN3O. The molecule has 0 bridgehead atoms. The molecule has 0 aliphatic rings.